The second-order valence-corrected chi connectivity index (χ2v) is 7.14. The van der Waals surface area contributed by atoms with Gasteiger partial charge in [0, 0.05) is 24.4 Å². The monoisotopic (exact) mass is 264 g/mol. The van der Waals surface area contributed by atoms with Gasteiger partial charge in [-0.15, -0.1) is 11.3 Å². The number of thiazole rings is 1. The van der Waals surface area contributed by atoms with Crippen molar-refractivity contribution < 1.29 is 0 Å². The molecular formula is C15H24N2S. The Labute approximate surface area is 114 Å². The van der Waals surface area contributed by atoms with Crippen molar-refractivity contribution in [3.63, 3.8) is 0 Å². The molecule has 1 unspecified atom stereocenters. The minimum atomic E-state index is 0.691. The zero-order valence-corrected chi connectivity index (χ0v) is 12.2. The molecule has 1 aromatic rings. The molecule has 100 valence electrons. The van der Waals surface area contributed by atoms with Crippen LogP contribution in [0.3, 0.4) is 0 Å². The van der Waals surface area contributed by atoms with Crippen molar-refractivity contribution in [3.05, 3.63) is 16.1 Å². The van der Waals surface area contributed by atoms with E-state index in [1.165, 1.54) is 55.6 Å². The Hall–Kier alpha value is -0.410. The van der Waals surface area contributed by atoms with Gasteiger partial charge in [-0.1, -0.05) is 19.3 Å². The fourth-order valence-corrected chi connectivity index (χ4v) is 4.41. The predicted molar refractivity (Wildman–Crippen MR) is 77.1 cm³/mol. The first-order valence-corrected chi connectivity index (χ1v) is 8.31. The van der Waals surface area contributed by atoms with E-state index in [-0.39, 0.29) is 0 Å². The number of rotatable bonds is 4. The summed E-state index contributed by atoms with van der Waals surface area (Å²) in [5.74, 6) is 0. The van der Waals surface area contributed by atoms with E-state index in [4.69, 9.17) is 0 Å². The second-order valence-electron chi connectivity index (χ2n) is 6.08. The Balaban J connectivity index is 1.46. The summed E-state index contributed by atoms with van der Waals surface area (Å²) < 4.78 is 0. The lowest BCUT2D eigenvalue weighted by Gasteiger charge is -2.52. The Morgan fingerprint density at radius 1 is 1.33 bits per heavy atom. The average molecular weight is 264 g/mol. The zero-order chi connectivity index (χ0) is 12.4. The maximum atomic E-state index is 4.53. The molecule has 0 radical (unpaired) electrons. The summed E-state index contributed by atoms with van der Waals surface area (Å²) in [6.07, 6.45) is 11.3. The number of aryl methyl sites for hydroxylation is 1. The van der Waals surface area contributed by atoms with Crippen molar-refractivity contribution in [3.8, 4) is 0 Å². The zero-order valence-electron chi connectivity index (χ0n) is 11.4. The van der Waals surface area contributed by atoms with Crippen molar-refractivity contribution in [1.29, 1.82) is 0 Å². The number of nitrogens with one attached hydrogen (secondary N) is 1. The molecule has 0 bridgehead atoms. The van der Waals surface area contributed by atoms with E-state index < -0.39 is 0 Å². The average Bonchev–Trinajstić information content (AvgIpc) is 2.80. The molecule has 1 aromatic heterocycles. The van der Waals surface area contributed by atoms with Crippen molar-refractivity contribution in [2.45, 2.75) is 64.3 Å². The van der Waals surface area contributed by atoms with Gasteiger partial charge in [0.1, 0.15) is 0 Å². The van der Waals surface area contributed by atoms with Crippen LogP contribution in [0.25, 0.3) is 0 Å². The number of hydrogen-bond donors (Lipinski definition) is 1. The van der Waals surface area contributed by atoms with Gasteiger partial charge >= 0.3 is 0 Å². The van der Waals surface area contributed by atoms with Crippen LogP contribution in [-0.4, -0.2) is 17.6 Å². The molecule has 2 saturated carbocycles. The Morgan fingerprint density at radius 2 is 2.17 bits per heavy atom. The van der Waals surface area contributed by atoms with Crippen molar-refractivity contribution in [2.24, 2.45) is 5.41 Å². The van der Waals surface area contributed by atoms with E-state index in [0.29, 0.717) is 5.41 Å². The van der Waals surface area contributed by atoms with Gasteiger partial charge in [0.25, 0.3) is 0 Å². The van der Waals surface area contributed by atoms with Crippen LogP contribution in [0.5, 0.6) is 0 Å². The first-order chi connectivity index (χ1) is 8.78. The highest BCUT2D eigenvalue weighted by atomic mass is 32.1. The third kappa shape index (κ3) is 2.48. The molecule has 2 aliphatic carbocycles. The van der Waals surface area contributed by atoms with Crippen LogP contribution in [0.15, 0.2) is 5.38 Å². The Kier molecular flexibility index (Phi) is 3.71. The summed E-state index contributed by atoms with van der Waals surface area (Å²) in [6, 6.07) is 0.803. The van der Waals surface area contributed by atoms with Gasteiger partial charge < -0.3 is 5.32 Å². The molecule has 0 aliphatic heterocycles. The summed E-state index contributed by atoms with van der Waals surface area (Å²) in [5, 5.41) is 7.20. The highest BCUT2D eigenvalue weighted by Crippen LogP contribution is 2.51. The Morgan fingerprint density at radius 3 is 2.78 bits per heavy atom. The molecule has 0 aromatic carbocycles. The van der Waals surface area contributed by atoms with Crippen LogP contribution in [0.1, 0.15) is 55.6 Å². The van der Waals surface area contributed by atoms with Gasteiger partial charge in [0.15, 0.2) is 0 Å². The molecule has 1 spiro atoms. The molecule has 0 amide bonds. The maximum absolute atomic E-state index is 4.53. The molecule has 3 heteroatoms. The van der Waals surface area contributed by atoms with E-state index in [9.17, 15) is 0 Å². The van der Waals surface area contributed by atoms with Crippen LogP contribution in [-0.2, 0) is 6.42 Å². The quantitative estimate of drug-likeness (QED) is 0.897. The van der Waals surface area contributed by atoms with Gasteiger partial charge in [0.2, 0.25) is 0 Å². The van der Waals surface area contributed by atoms with Gasteiger partial charge in [-0.25, -0.2) is 4.98 Å². The molecule has 18 heavy (non-hydrogen) atoms. The van der Waals surface area contributed by atoms with Gasteiger partial charge in [-0.05, 0) is 38.0 Å². The van der Waals surface area contributed by atoms with Crippen molar-refractivity contribution in [2.75, 3.05) is 6.54 Å². The van der Waals surface area contributed by atoms with Gasteiger partial charge in [-0.3, -0.25) is 0 Å². The van der Waals surface area contributed by atoms with Gasteiger partial charge in [-0.2, -0.15) is 0 Å². The lowest BCUT2D eigenvalue weighted by Crippen LogP contribution is -2.54. The Bertz CT molecular complexity index is 393. The van der Waals surface area contributed by atoms with Crippen LogP contribution in [0.4, 0.5) is 0 Å². The smallest absolute Gasteiger partial charge is 0.0897 e. The third-order valence-electron chi connectivity index (χ3n) is 4.96. The fourth-order valence-electron chi connectivity index (χ4n) is 3.77. The number of nitrogens with zero attached hydrogens (tertiary/aromatic N) is 1. The molecule has 1 N–H and O–H groups in total. The van der Waals surface area contributed by atoms with Gasteiger partial charge in [0.05, 0.1) is 10.7 Å². The fraction of sp³-hybridized carbons (Fsp3) is 0.800. The topological polar surface area (TPSA) is 24.9 Å². The summed E-state index contributed by atoms with van der Waals surface area (Å²) >= 11 is 1.77. The molecule has 1 heterocycles. The predicted octanol–water partition coefficient (Wildman–Crippen LogP) is 3.70. The van der Waals surface area contributed by atoms with Crippen LogP contribution in [0.2, 0.25) is 0 Å². The van der Waals surface area contributed by atoms with E-state index in [2.05, 4.69) is 22.6 Å². The standard InChI is InChI=1S/C15H24N2S/c1-12-17-13(11-18-12)6-10-16-14-5-9-15(14)7-3-2-4-8-15/h11,14,16H,2-10H2,1H3. The number of aromatic nitrogens is 1. The van der Waals surface area contributed by atoms with Crippen LogP contribution < -0.4 is 5.32 Å². The lowest BCUT2D eigenvalue weighted by atomic mass is 9.57. The second kappa shape index (κ2) is 5.30. The van der Waals surface area contributed by atoms with Crippen molar-refractivity contribution >= 4 is 11.3 Å². The van der Waals surface area contributed by atoms with Crippen LogP contribution >= 0.6 is 11.3 Å². The molecule has 3 rings (SSSR count). The molecule has 1 atom stereocenters. The van der Waals surface area contributed by atoms with E-state index >= 15 is 0 Å². The van der Waals surface area contributed by atoms with Crippen molar-refractivity contribution in [1.82, 2.24) is 10.3 Å². The van der Waals surface area contributed by atoms with E-state index in [1.54, 1.807) is 11.3 Å². The molecular weight excluding hydrogens is 240 g/mol. The molecule has 2 nitrogen and oxygen atoms in total. The summed E-state index contributed by atoms with van der Waals surface area (Å²) in [7, 11) is 0. The SMILES string of the molecule is Cc1nc(CCNC2CCC23CCCCC3)cs1. The first-order valence-electron chi connectivity index (χ1n) is 7.43. The normalized spacial score (nSPS) is 26.2. The van der Waals surface area contributed by atoms with E-state index in [1.807, 2.05) is 0 Å². The summed E-state index contributed by atoms with van der Waals surface area (Å²) in [5.41, 5.74) is 1.96. The highest BCUT2D eigenvalue weighted by molar-refractivity contribution is 7.09. The first kappa shape index (κ1) is 12.6. The minimum absolute atomic E-state index is 0.691. The highest BCUT2D eigenvalue weighted by Gasteiger charge is 2.46. The third-order valence-corrected chi connectivity index (χ3v) is 5.78. The van der Waals surface area contributed by atoms with Crippen LogP contribution in [0, 0.1) is 12.3 Å². The summed E-state index contributed by atoms with van der Waals surface area (Å²) in [6.45, 7) is 3.19. The van der Waals surface area contributed by atoms with E-state index in [0.717, 1.165) is 19.0 Å². The molecule has 2 aliphatic rings. The lowest BCUT2D eigenvalue weighted by molar-refractivity contribution is 0.0236. The molecule has 0 saturated heterocycles. The summed E-state index contributed by atoms with van der Waals surface area (Å²) in [4.78, 5) is 4.53. The number of hydrogen-bond acceptors (Lipinski definition) is 3. The maximum Gasteiger partial charge on any atom is 0.0897 e. The molecule has 2 fully saturated rings. The largest absolute Gasteiger partial charge is 0.313 e. The minimum Gasteiger partial charge on any atom is -0.313 e.